The van der Waals surface area contributed by atoms with E-state index in [1.54, 1.807) is 0 Å². The summed E-state index contributed by atoms with van der Waals surface area (Å²) >= 11 is 0. The lowest BCUT2D eigenvalue weighted by Gasteiger charge is -2.55. The van der Waals surface area contributed by atoms with Gasteiger partial charge in [0.1, 0.15) is 13.9 Å². The van der Waals surface area contributed by atoms with Crippen LogP contribution in [0.1, 0.15) is 61.3 Å². The predicted octanol–water partition coefficient (Wildman–Crippen LogP) is 5.60. The Hall–Kier alpha value is -1.71. The first-order valence-corrected chi connectivity index (χ1v) is 13.8. The van der Waals surface area contributed by atoms with Crippen LogP contribution in [0, 0.1) is 11.3 Å². The van der Waals surface area contributed by atoms with Crippen molar-refractivity contribution in [3.05, 3.63) is 60.7 Å². The topological polar surface area (TPSA) is 26.3 Å². The SMILES string of the molecule is CC(C)(C)[C@H]1C(=O)C[C@H]2C[C@H]([Si](c3ccccc3)(c3ccccc3)C(C)(C)C)[C@]1(C)O2. The van der Waals surface area contributed by atoms with Crippen LogP contribution in [0.2, 0.25) is 10.6 Å². The molecule has 2 bridgehead atoms. The molecule has 2 aliphatic heterocycles. The second-order valence-electron chi connectivity index (χ2n) is 12.0. The number of rotatable bonds is 3. The number of benzene rings is 2. The van der Waals surface area contributed by atoms with Gasteiger partial charge in [0.25, 0.3) is 0 Å². The molecule has 0 N–H and O–H groups in total. The Labute approximate surface area is 189 Å². The number of ether oxygens (including phenoxy) is 1. The zero-order valence-electron chi connectivity index (χ0n) is 20.2. The van der Waals surface area contributed by atoms with Gasteiger partial charge >= 0.3 is 0 Å². The summed E-state index contributed by atoms with van der Waals surface area (Å²) in [6, 6.07) is 22.3. The Morgan fingerprint density at radius 1 is 0.871 bits per heavy atom. The van der Waals surface area contributed by atoms with Crippen molar-refractivity contribution in [2.24, 2.45) is 11.3 Å². The molecule has 4 rings (SSSR count). The standard InChI is InChI=1S/C28H38O2Si/c1-26(2,3)25-23(29)18-20-19-24(28(25,7)30-20)31(27(4,5)6,21-14-10-8-11-15-21)22-16-12-9-13-17-22/h8-17,20,24-25H,18-19H2,1-7H3/t20-,24-,25+,28-/m0/s1. The Morgan fingerprint density at radius 2 is 1.35 bits per heavy atom. The van der Waals surface area contributed by atoms with Gasteiger partial charge in [-0.2, -0.15) is 0 Å². The van der Waals surface area contributed by atoms with Gasteiger partial charge in [-0.05, 0) is 29.3 Å². The van der Waals surface area contributed by atoms with Crippen LogP contribution in [-0.2, 0) is 9.53 Å². The molecule has 2 heterocycles. The molecule has 3 heteroatoms. The first-order chi connectivity index (χ1) is 14.4. The van der Waals surface area contributed by atoms with Crippen LogP contribution in [-0.4, -0.2) is 25.6 Å². The summed E-state index contributed by atoms with van der Waals surface area (Å²) in [5, 5.41) is 2.96. The molecule has 31 heavy (non-hydrogen) atoms. The molecular weight excluding hydrogens is 396 g/mol. The normalized spacial score (nSPS) is 29.3. The molecule has 2 saturated heterocycles. The third-order valence-electron chi connectivity index (χ3n) is 7.97. The van der Waals surface area contributed by atoms with Crippen molar-refractivity contribution in [2.45, 2.75) is 83.6 Å². The third kappa shape index (κ3) is 3.36. The second-order valence-corrected chi connectivity index (χ2v) is 16.9. The van der Waals surface area contributed by atoms with E-state index in [-0.39, 0.29) is 22.5 Å². The monoisotopic (exact) mass is 434 g/mol. The zero-order valence-corrected chi connectivity index (χ0v) is 21.2. The highest BCUT2D eigenvalue weighted by molar-refractivity contribution is 7.05. The maximum atomic E-state index is 13.4. The number of carbonyl (C=O) groups is 1. The molecule has 0 aromatic heterocycles. The second kappa shape index (κ2) is 7.42. The molecule has 0 aliphatic carbocycles. The molecule has 4 atom stereocenters. The van der Waals surface area contributed by atoms with E-state index in [2.05, 4.69) is 109 Å². The van der Waals surface area contributed by atoms with Gasteiger partial charge in [0.05, 0.1) is 17.6 Å². The fourth-order valence-corrected chi connectivity index (χ4v) is 14.4. The molecule has 166 valence electrons. The van der Waals surface area contributed by atoms with E-state index in [9.17, 15) is 4.79 Å². The summed E-state index contributed by atoms with van der Waals surface area (Å²) in [6.45, 7) is 16.2. The highest BCUT2D eigenvalue weighted by atomic mass is 28.3. The summed E-state index contributed by atoms with van der Waals surface area (Å²) in [5.41, 5.74) is -0.265. The molecule has 2 fully saturated rings. The Kier molecular flexibility index (Phi) is 5.38. The molecule has 2 nitrogen and oxygen atoms in total. The highest BCUT2D eigenvalue weighted by Gasteiger charge is 2.68. The van der Waals surface area contributed by atoms with Gasteiger partial charge in [-0.3, -0.25) is 4.79 Å². The van der Waals surface area contributed by atoms with Gasteiger partial charge in [-0.1, -0.05) is 113 Å². The summed E-state index contributed by atoms with van der Waals surface area (Å²) in [4.78, 5) is 13.4. The lowest BCUT2D eigenvalue weighted by molar-refractivity contribution is -0.163. The number of ketones is 1. The molecule has 2 aromatic carbocycles. The van der Waals surface area contributed by atoms with Crippen LogP contribution >= 0.6 is 0 Å². The fourth-order valence-electron chi connectivity index (χ4n) is 7.35. The first kappa shape index (κ1) is 22.5. The number of Topliss-reactive ketones (excluding diaryl/α,β-unsaturated/α-hetero) is 1. The smallest absolute Gasteiger partial charge is 0.141 e. The quantitative estimate of drug-likeness (QED) is 0.588. The Balaban J connectivity index is 2.04. The number of fused-ring (bicyclic) bond motifs is 2. The van der Waals surface area contributed by atoms with Gasteiger partial charge in [0.2, 0.25) is 0 Å². The van der Waals surface area contributed by atoms with Crippen molar-refractivity contribution in [1.29, 1.82) is 0 Å². The molecule has 0 radical (unpaired) electrons. The molecule has 2 aromatic rings. The third-order valence-corrected chi connectivity index (χ3v) is 14.7. The van der Waals surface area contributed by atoms with Gasteiger partial charge in [-0.25, -0.2) is 0 Å². The highest BCUT2D eigenvalue weighted by Crippen LogP contribution is 2.61. The van der Waals surface area contributed by atoms with E-state index < -0.39 is 13.7 Å². The number of hydrogen-bond acceptors (Lipinski definition) is 2. The minimum Gasteiger partial charge on any atom is -0.371 e. The lowest BCUT2D eigenvalue weighted by atomic mass is 9.67. The average molecular weight is 435 g/mol. The fraction of sp³-hybridized carbons (Fsp3) is 0.536. The van der Waals surface area contributed by atoms with Gasteiger partial charge < -0.3 is 4.74 Å². The van der Waals surface area contributed by atoms with E-state index in [0.717, 1.165) is 6.42 Å². The predicted molar refractivity (Wildman–Crippen MR) is 132 cm³/mol. The Morgan fingerprint density at radius 3 is 1.77 bits per heavy atom. The van der Waals surface area contributed by atoms with Crippen LogP contribution in [0.5, 0.6) is 0 Å². The first-order valence-electron chi connectivity index (χ1n) is 11.7. The average Bonchev–Trinajstić information content (AvgIpc) is 2.92. The van der Waals surface area contributed by atoms with E-state index >= 15 is 0 Å². The van der Waals surface area contributed by atoms with Crippen molar-refractivity contribution in [3.8, 4) is 0 Å². The largest absolute Gasteiger partial charge is 0.371 e. The van der Waals surface area contributed by atoms with Crippen molar-refractivity contribution >= 4 is 24.2 Å². The van der Waals surface area contributed by atoms with Gasteiger partial charge in [0.15, 0.2) is 0 Å². The minimum absolute atomic E-state index is 0.0442. The van der Waals surface area contributed by atoms with Crippen LogP contribution in [0.3, 0.4) is 0 Å². The molecule has 0 amide bonds. The minimum atomic E-state index is -2.40. The number of carbonyl (C=O) groups excluding carboxylic acids is 1. The van der Waals surface area contributed by atoms with Crippen LogP contribution in [0.25, 0.3) is 0 Å². The molecule has 0 spiro atoms. The van der Waals surface area contributed by atoms with Gasteiger partial charge in [0, 0.05) is 6.42 Å². The number of hydrogen-bond donors (Lipinski definition) is 0. The summed E-state index contributed by atoms with van der Waals surface area (Å²) in [6.07, 6.45) is 1.58. The summed E-state index contributed by atoms with van der Waals surface area (Å²) in [5.74, 6) is 0.303. The molecule has 0 saturated carbocycles. The maximum Gasteiger partial charge on any atom is 0.141 e. The van der Waals surface area contributed by atoms with Crippen LogP contribution in [0.15, 0.2) is 60.7 Å². The van der Waals surface area contributed by atoms with Crippen LogP contribution < -0.4 is 10.4 Å². The molecule has 0 unspecified atom stereocenters. The van der Waals surface area contributed by atoms with E-state index in [0.29, 0.717) is 17.7 Å². The molecular formula is C28H38O2Si. The Bertz CT molecular complexity index is 899. The van der Waals surface area contributed by atoms with E-state index in [1.807, 2.05) is 0 Å². The van der Waals surface area contributed by atoms with Crippen molar-refractivity contribution in [2.75, 3.05) is 0 Å². The molecule has 2 aliphatic rings. The van der Waals surface area contributed by atoms with Crippen LogP contribution in [0.4, 0.5) is 0 Å². The van der Waals surface area contributed by atoms with E-state index in [1.165, 1.54) is 10.4 Å². The zero-order chi connectivity index (χ0) is 22.7. The van der Waals surface area contributed by atoms with Crippen molar-refractivity contribution < 1.29 is 9.53 Å². The maximum absolute atomic E-state index is 13.4. The summed E-state index contributed by atoms with van der Waals surface area (Å²) in [7, 11) is -2.40. The van der Waals surface area contributed by atoms with Crippen molar-refractivity contribution in [3.63, 3.8) is 0 Å². The van der Waals surface area contributed by atoms with E-state index in [4.69, 9.17) is 4.74 Å². The lowest BCUT2D eigenvalue weighted by Crippen LogP contribution is -2.71. The van der Waals surface area contributed by atoms with Gasteiger partial charge in [-0.15, -0.1) is 0 Å². The van der Waals surface area contributed by atoms with Crippen molar-refractivity contribution in [1.82, 2.24) is 0 Å². The summed E-state index contributed by atoms with van der Waals surface area (Å²) < 4.78 is 6.86.